The van der Waals surface area contributed by atoms with Crippen LogP contribution >= 0.6 is 0 Å². The summed E-state index contributed by atoms with van der Waals surface area (Å²) in [6.45, 7) is 5.93. The van der Waals surface area contributed by atoms with Crippen LogP contribution in [0.3, 0.4) is 0 Å². The lowest BCUT2D eigenvalue weighted by Crippen LogP contribution is -2.48. The highest BCUT2D eigenvalue weighted by molar-refractivity contribution is 7.89. The van der Waals surface area contributed by atoms with Gasteiger partial charge in [-0.2, -0.15) is 4.31 Å². The fourth-order valence-electron chi connectivity index (χ4n) is 4.24. The molecule has 2 aromatic rings. The van der Waals surface area contributed by atoms with Gasteiger partial charge < -0.3 is 24.3 Å². The molecule has 12 heteroatoms. The number of benzene rings is 1. The van der Waals surface area contributed by atoms with Crippen molar-refractivity contribution >= 4 is 27.5 Å². The lowest BCUT2D eigenvalue weighted by molar-refractivity contribution is -0.116. The maximum atomic E-state index is 13.6. The first kappa shape index (κ1) is 28.6. The molecular formula is C25H37N5O6S. The number of nitrogens with zero attached hydrogens (tertiary/aromatic N) is 4. The van der Waals surface area contributed by atoms with E-state index in [-0.39, 0.29) is 48.2 Å². The Morgan fingerprint density at radius 3 is 2.59 bits per heavy atom. The molecule has 204 valence electrons. The third-order valence-electron chi connectivity index (χ3n) is 6.40. The minimum Gasteiger partial charge on any atom is -0.491 e. The van der Waals surface area contributed by atoms with Crippen LogP contribution in [0.5, 0.6) is 5.75 Å². The number of methoxy groups -OCH3 is 1. The summed E-state index contributed by atoms with van der Waals surface area (Å²) in [4.78, 5) is 31.1. The van der Waals surface area contributed by atoms with Crippen LogP contribution in [-0.2, 0) is 26.6 Å². The SMILES string of the molecule is CCCC(=O)Nc1ccc2c(c1)OC[C@@H](C)N(S(=O)(=O)c1cn(C)cn1)C[C@@H](C)[C@H](OC)CN(C)C2=O. The maximum absolute atomic E-state index is 13.6. The summed E-state index contributed by atoms with van der Waals surface area (Å²) in [5, 5.41) is 2.76. The zero-order valence-electron chi connectivity index (χ0n) is 22.3. The molecule has 0 aliphatic carbocycles. The summed E-state index contributed by atoms with van der Waals surface area (Å²) >= 11 is 0. The number of sulfonamides is 1. The second kappa shape index (κ2) is 12.1. The van der Waals surface area contributed by atoms with Gasteiger partial charge in [-0.15, -0.1) is 0 Å². The normalized spacial score (nSPS) is 21.9. The van der Waals surface area contributed by atoms with Gasteiger partial charge in [-0.25, -0.2) is 13.4 Å². The molecule has 1 aromatic carbocycles. The summed E-state index contributed by atoms with van der Waals surface area (Å²) < 4.78 is 41.9. The van der Waals surface area contributed by atoms with Crippen molar-refractivity contribution in [2.24, 2.45) is 13.0 Å². The van der Waals surface area contributed by atoms with Crippen LogP contribution in [0.4, 0.5) is 5.69 Å². The molecule has 1 N–H and O–H groups in total. The van der Waals surface area contributed by atoms with E-state index in [4.69, 9.17) is 9.47 Å². The first-order valence-corrected chi connectivity index (χ1v) is 13.8. The summed E-state index contributed by atoms with van der Waals surface area (Å²) in [6, 6.07) is 4.27. The number of fused-ring (bicyclic) bond motifs is 1. The minimum atomic E-state index is -3.95. The van der Waals surface area contributed by atoms with Gasteiger partial charge in [0.1, 0.15) is 12.4 Å². The van der Waals surface area contributed by atoms with Gasteiger partial charge in [-0.1, -0.05) is 13.8 Å². The van der Waals surface area contributed by atoms with Crippen LogP contribution in [0.2, 0.25) is 0 Å². The Hall–Kier alpha value is -2.96. The molecule has 0 radical (unpaired) electrons. The van der Waals surface area contributed by atoms with Gasteiger partial charge in [-0.05, 0) is 31.4 Å². The van der Waals surface area contributed by atoms with Crippen molar-refractivity contribution in [1.82, 2.24) is 18.8 Å². The molecule has 11 nitrogen and oxygen atoms in total. The summed E-state index contributed by atoms with van der Waals surface area (Å²) in [5.41, 5.74) is 0.805. The molecule has 0 saturated carbocycles. The van der Waals surface area contributed by atoms with E-state index in [0.717, 1.165) is 0 Å². The first-order chi connectivity index (χ1) is 17.5. The average Bonchev–Trinajstić information content (AvgIpc) is 3.30. The highest BCUT2D eigenvalue weighted by Gasteiger charge is 2.35. The second-order valence-electron chi connectivity index (χ2n) is 9.56. The van der Waals surface area contributed by atoms with Crippen molar-refractivity contribution in [3.05, 3.63) is 36.3 Å². The van der Waals surface area contributed by atoms with Gasteiger partial charge in [-0.3, -0.25) is 9.59 Å². The van der Waals surface area contributed by atoms with Crippen LogP contribution in [0, 0.1) is 5.92 Å². The summed E-state index contributed by atoms with van der Waals surface area (Å²) in [6.07, 6.45) is 3.56. The lowest BCUT2D eigenvalue weighted by atomic mass is 10.0. The van der Waals surface area contributed by atoms with Gasteiger partial charge in [0.05, 0.1) is 24.0 Å². The molecular weight excluding hydrogens is 498 g/mol. The molecule has 0 unspecified atom stereocenters. The monoisotopic (exact) mass is 535 g/mol. The predicted octanol–water partition coefficient (Wildman–Crippen LogP) is 2.35. The minimum absolute atomic E-state index is 0.0210. The Labute approximate surface area is 218 Å². The van der Waals surface area contributed by atoms with E-state index in [9.17, 15) is 18.0 Å². The number of hydrogen-bond acceptors (Lipinski definition) is 7. The second-order valence-corrected chi connectivity index (χ2v) is 11.4. The number of amides is 2. The molecule has 0 bridgehead atoms. The number of likely N-dealkylation sites (N-methyl/N-ethyl adjacent to an activating group) is 1. The zero-order chi connectivity index (χ0) is 27.3. The first-order valence-electron chi connectivity index (χ1n) is 12.3. The largest absolute Gasteiger partial charge is 0.491 e. The van der Waals surface area contributed by atoms with E-state index in [1.54, 1.807) is 50.9 Å². The number of carbonyl (C=O) groups is 2. The van der Waals surface area contributed by atoms with Crippen LogP contribution in [0.15, 0.2) is 35.7 Å². The Morgan fingerprint density at radius 1 is 1.24 bits per heavy atom. The van der Waals surface area contributed by atoms with E-state index < -0.39 is 22.2 Å². The molecule has 2 amide bonds. The van der Waals surface area contributed by atoms with Crippen molar-refractivity contribution in [3.8, 4) is 5.75 Å². The van der Waals surface area contributed by atoms with Gasteiger partial charge in [0, 0.05) is 58.7 Å². The van der Waals surface area contributed by atoms with Crippen molar-refractivity contribution in [1.29, 1.82) is 0 Å². The number of hydrogen-bond donors (Lipinski definition) is 1. The molecule has 0 fully saturated rings. The lowest BCUT2D eigenvalue weighted by Gasteiger charge is -2.35. The Bertz CT molecular complexity index is 1210. The third-order valence-corrected chi connectivity index (χ3v) is 8.27. The van der Waals surface area contributed by atoms with E-state index >= 15 is 0 Å². The molecule has 0 saturated heterocycles. The highest BCUT2D eigenvalue weighted by atomic mass is 32.2. The molecule has 0 spiro atoms. The molecule has 3 rings (SSSR count). The van der Waals surface area contributed by atoms with E-state index in [1.807, 2.05) is 13.8 Å². The van der Waals surface area contributed by atoms with Crippen LogP contribution in [-0.4, -0.2) is 85.0 Å². The molecule has 37 heavy (non-hydrogen) atoms. The van der Waals surface area contributed by atoms with E-state index in [0.29, 0.717) is 24.1 Å². The number of rotatable bonds is 6. The van der Waals surface area contributed by atoms with Gasteiger partial charge >= 0.3 is 0 Å². The number of aromatic nitrogens is 2. The van der Waals surface area contributed by atoms with Crippen molar-refractivity contribution in [2.75, 3.05) is 39.2 Å². The fraction of sp³-hybridized carbons (Fsp3) is 0.560. The Balaban J connectivity index is 2.02. The van der Waals surface area contributed by atoms with Gasteiger partial charge in [0.2, 0.25) is 5.91 Å². The molecule has 1 aliphatic heterocycles. The topological polar surface area (TPSA) is 123 Å². The molecule has 1 aliphatic rings. The number of imidazole rings is 1. The van der Waals surface area contributed by atoms with E-state index in [1.165, 1.54) is 21.7 Å². The average molecular weight is 536 g/mol. The standard InChI is InChI=1S/C25H37N5O6S/c1-7-8-23(31)27-19-9-10-20-21(11-19)36-15-18(3)30(37(33,34)24-14-28(4)16-26-24)12-17(2)22(35-6)13-29(5)25(20)32/h9-11,14,16-18,22H,7-8,12-13,15H2,1-6H3,(H,27,31)/t17-,18-,22-/m1/s1. The smallest absolute Gasteiger partial charge is 0.262 e. The maximum Gasteiger partial charge on any atom is 0.262 e. The molecule has 1 aromatic heterocycles. The number of anilines is 1. The molecule has 3 atom stereocenters. The van der Waals surface area contributed by atoms with Gasteiger partial charge in [0.25, 0.3) is 15.9 Å². The number of carbonyl (C=O) groups excluding carboxylic acids is 2. The summed E-state index contributed by atoms with van der Waals surface area (Å²) in [7, 11) is 0.976. The number of ether oxygens (including phenoxy) is 2. The number of aryl methyl sites for hydroxylation is 1. The Kier molecular flexibility index (Phi) is 9.32. The van der Waals surface area contributed by atoms with Crippen LogP contribution < -0.4 is 10.1 Å². The van der Waals surface area contributed by atoms with Crippen LogP contribution in [0.1, 0.15) is 44.0 Å². The number of nitrogens with one attached hydrogen (secondary N) is 1. The van der Waals surface area contributed by atoms with Gasteiger partial charge in [0.15, 0.2) is 5.03 Å². The van der Waals surface area contributed by atoms with Crippen molar-refractivity contribution in [3.63, 3.8) is 0 Å². The zero-order valence-corrected chi connectivity index (χ0v) is 23.1. The fourth-order valence-corrected chi connectivity index (χ4v) is 5.93. The van der Waals surface area contributed by atoms with Crippen molar-refractivity contribution < 1.29 is 27.5 Å². The third kappa shape index (κ3) is 6.68. The highest BCUT2D eigenvalue weighted by Crippen LogP contribution is 2.28. The molecule has 2 heterocycles. The van der Waals surface area contributed by atoms with Crippen molar-refractivity contribution in [2.45, 2.75) is 50.8 Å². The Morgan fingerprint density at radius 2 is 1.97 bits per heavy atom. The van der Waals surface area contributed by atoms with E-state index in [2.05, 4.69) is 10.3 Å². The van der Waals surface area contributed by atoms with Crippen LogP contribution in [0.25, 0.3) is 0 Å². The quantitative estimate of drug-likeness (QED) is 0.602. The summed E-state index contributed by atoms with van der Waals surface area (Å²) in [5.74, 6) is -0.383. The predicted molar refractivity (Wildman–Crippen MR) is 139 cm³/mol.